The first kappa shape index (κ1) is 22.6. The normalized spacial score (nSPS) is 18.7. The second kappa shape index (κ2) is 9.90. The highest BCUT2D eigenvalue weighted by molar-refractivity contribution is 8.18. The number of nitrogens with one attached hydrogen (secondary N) is 1. The Hall–Kier alpha value is -3.60. The third-order valence-electron chi connectivity index (χ3n) is 4.71. The Bertz CT molecular complexity index is 1090. The van der Waals surface area contributed by atoms with Crippen molar-refractivity contribution < 1.29 is 37.4 Å². The first-order valence-corrected chi connectivity index (χ1v) is 10.7. The number of hydrogen-bond acceptors (Lipinski definition) is 7. The fourth-order valence-corrected chi connectivity index (χ4v) is 4.01. The van der Waals surface area contributed by atoms with Crippen LogP contribution in [0.1, 0.15) is 5.56 Å². The van der Waals surface area contributed by atoms with Crippen molar-refractivity contribution in [2.75, 3.05) is 19.7 Å². The molecule has 0 aromatic heterocycles. The molecule has 0 aliphatic carbocycles. The van der Waals surface area contributed by atoms with E-state index in [0.29, 0.717) is 17.1 Å². The van der Waals surface area contributed by atoms with Crippen molar-refractivity contribution in [3.8, 4) is 17.2 Å². The number of carbonyl (C=O) groups excluding carboxylic acids is 3. The summed E-state index contributed by atoms with van der Waals surface area (Å²) in [5.74, 6) is 0.0920. The lowest BCUT2D eigenvalue weighted by atomic mass is 10.2. The van der Waals surface area contributed by atoms with E-state index in [9.17, 15) is 23.2 Å². The molecule has 1 fully saturated rings. The van der Waals surface area contributed by atoms with E-state index in [1.54, 1.807) is 24.3 Å². The van der Waals surface area contributed by atoms with Crippen LogP contribution >= 0.6 is 11.8 Å². The van der Waals surface area contributed by atoms with E-state index in [1.165, 1.54) is 30.3 Å². The highest BCUT2D eigenvalue weighted by Gasteiger charge is 2.35. The molecular formula is C22H18F2N2O6S. The van der Waals surface area contributed by atoms with Gasteiger partial charge in [-0.3, -0.25) is 19.3 Å². The number of hydrogen-bond donors (Lipinski definition) is 1. The fourth-order valence-electron chi connectivity index (χ4n) is 3.14. The van der Waals surface area contributed by atoms with Crippen LogP contribution in [0.15, 0.2) is 53.4 Å². The summed E-state index contributed by atoms with van der Waals surface area (Å²) in [5, 5.41) is 2.18. The average Bonchev–Trinajstić information content (AvgIpc) is 3.07. The van der Waals surface area contributed by atoms with Gasteiger partial charge in [-0.25, -0.2) is 0 Å². The minimum atomic E-state index is -2.93. The van der Waals surface area contributed by atoms with Gasteiger partial charge < -0.3 is 19.5 Å². The van der Waals surface area contributed by atoms with Crippen LogP contribution in [0, 0.1) is 0 Å². The van der Waals surface area contributed by atoms with Gasteiger partial charge in [0.25, 0.3) is 17.1 Å². The largest absolute Gasteiger partial charge is 0.485 e. The van der Waals surface area contributed by atoms with Crippen LogP contribution in [0.3, 0.4) is 0 Å². The number of imide groups is 1. The molecule has 1 saturated heterocycles. The van der Waals surface area contributed by atoms with Crippen molar-refractivity contribution in [3.63, 3.8) is 0 Å². The number of carbonyl (C=O) groups is 3. The Balaban J connectivity index is 1.29. The first-order valence-electron chi connectivity index (χ1n) is 9.87. The number of rotatable bonds is 7. The number of para-hydroxylation sites is 2. The van der Waals surface area contributed by atoms with Gasteiger partial charge in [-0.05, 0) is 47.7 Å². The zero-order valence-electron chi connectivity index (χ0n) is 17.0. The Morgan fingerprint density at radius 3 is 2.64 bits per heavy atom. The zero-order valence-corrected chi connectivity index (χ0v) is 17.8. The lowest BCUT2D eigenvalue weighted by Crippen LogP contribution is -2.46. The van der Waals surface area contributed by atoms with E-state index in [2.05, 4.69) is 10.1 Å². The minimum Gasteiger partial charge on any atom is -0.485 e. The van der Waals surface area contributed by atoms with E-state index in [4.69, 9.17) is 9.47 Å². The van der Waals surface area contributed by atoms with Crippen molar-refractivity contribution >= 4 is 34.9 Å². The summed E-state index contributed by atoms with van der Waals surface area (Å²) in [6, 6.07) is 12.7. The number of ether oxygens (including phenoxy) is 3. The molecule has 1 unspecified atom stereocenters. The average molecular weight is 476 g/mol. The van der Waals surface area contributed by atoms with Crippen LogP contribution in [0.2, 0.25) is 0 Å². The van der Waals surface area contributed by atoms with Gasteiger partial charge in [-0.2, -0.15) is 8.78 Å². The molecule has 2 aromatic rings. The maximum absolute atomic E-state index is 12.6. The number of thioether (sulfide) groups is 1. The SMILES string of the molecule is O=C(NCCN1C(=O)SC(=Cc2ccc(OC(F)F)cc2)C1=O)C1COc2ccccc2O1. The van der Waals surface area contributed by atoms with Crippen LogP contribution in [-0.4, -0.2) is 54.4 Å². The third kappa shape index (κ3) is 5.43. The van der Waals surface area contributed by atoms with Gasteiger partial charge in [0.1, 0.15) is 12.4 Å². The van der Waals surface area contributed by atoms with Gasteiger partial charge in [0.05, 0.1) is 4.91 Å². The predicted octanol–water partition coefficient (Wildman–Crippen LogP) is 3.28. The number of halogens is 2. The summed E-state index contributed by atoms with van der Waals surface area (Å²) in [6.07, 6.45) is 0.645. The summed E-state index contributed by atoms with van der Waals surface area (Å²) < 4.78 is 39.9. The molecule has 8 nitrogen and oxygen atoms in total. The Kier molecular flexibility index (Phi) is 6.78. The number of amides is 3. The molecule has 172 valence electrons. The number of benzene rings is 2. The predicted molar refractivity (Wildman–Crippen MR) is 115 cm³/mol. The molecule has 4 rings (SSSR count). The quantitative estimate of drug-likeness (QED) is 0.613. The molecule has 2 aliphatic rings. The van der Waals surface area contributed by atoms with Gasteiger partial charge in [0.15, 0.2) is 11.5 Å². The first-order chi connectivity index (χ1) is 15.9. The highest BCUT2D eigenvalue weighted by Crippen LogP contribution is 2.33. The maximum Gasteiger partial charge on any atom is 0.387 e. The molecule has 3 amide bonds. The van der Waals surface area contributed by atoms with Crippen molar-refractivity contribution in [2.24, 2.45) is 0 Å². The van der Waals surface area contributed by atoms with E-state index < -0.39 is 29.8 Å². The van der Waals surface area contributed by atoms with Crippen molar-refractivity contribution in [2.45, 2.75) is 12.7 Å². The fraction of sp³-hybridized carbons (Fsp3) is 0.227. The monoisotopic (exact) mass is 476 g/mol. The molecule has 0 saturated carbocycles. The maximum atomic E-state index is 12.6. The van der Waals surface area contributed by atoms with Crippen LogP contribution in [0.5, 0.6) is 17.2 Å². The van der Waals surface area contributed by atoms with Gasteiger partial charge >= 0.3 is 6.61 Å². The Labute approximate surface area is 191 Å². The smallest absolute Gasteiger partial charge is 0.387 e. The Morgan fingerprint density at radius 2 is 1.91 bits per heavy atom. The molecule has 33 heavy (non-hydrogen) atoms. The summed E-state index contributed by atoms with van der Waals surface area (Å²) in [6.45, 7) is -2.85. The van der Waals surface area contributed by atoms with Gasteiger partial charge in [-0.15, -0.1) is 0 Å². The number of nitrogens with zero attached hydrogens (tertiary/aromatic N) is 1. The van der Waals surface area contributed by atoms with E-state index in [1.807, 2.05) is 0 Å². The van der Waals surface area contributed by atoms with Gasteiger partial charge in [0, 0.05) is 13.1 Å². The molecule has 2 aliphatic heterocycles. The van der Waals surface area contributed by atoms with E-state index in [-0.39, 0.29) is 30.4 Å². The topological polar surface area (TPSA) is 94.2 Å². The summed E-state index contributed by atoms with van der Waals surface area (Å²) in [4.78, 5) is 38.4. The molecular weight excluding hydrogens is 458 g/mol. The molecule has 2 heterocycles. The standard InChI is InChI=1S/C22H18F2N2O6S/c23-21(24)31-14-7-5-13(6-8-14)11-18-20(28)26(22(29)33-18)10-9-25-19(27)17-12-30-15-3-1-2-4-16(15)32-17/h1-8,11,17,21H,9-10,12H2,(H,25,27). The summed E-state index contributed by atoms with van der Waals surface area (Å²) >= 11 is 0.761. The summed E-state index contributed by atoms with van der Waals surface area (Å²) in [7, 11) is 0. The second-order valence-electron chi connectivity index (χ2n) is 6.94. The van der Waals surface area contributed by atoms with Gasteiger partial charge in [-0.1, -0.05) is 24.3 Å². The zero-order chi connectivity index (χ0) is 23.4. The van der Waals surface area contributed by atoms with Crippen LogP contribution in [0.25, 0.3) is 6.08 Å². The third-order valence-corrected chi connectivity index (χ3v) is 5.62. The molecule has 1 N–H and O–H groups in total. The van der Waals surface area contributed by atoms with Crippen molar-refractivity contribution in [3.05, 3.63) is 59.0 Å². The van der Waals surface area contributed by atoms with Crippen LogP contribution in [-0.2, 0) is 9.59 Å². The van der Waals surface area contributed by atoms with Crippen molar-refractivity contribution in [1.82, 2.24) is 10.2 Å². The molecule has 0 radical (unpaired) electrons. The van der Waals surface area contributed by atoms with Crippen molar-refractivity contribution in [1.29, 1.82) is 0 Å². The van der Waals surface area contributed by atoms with E-state index in [0.717, 1.165) is 16.7 Å². The molecule has 0 bridgehead atoms. The molecule has 11 heteroatoms. The van der Waals surface area contributed by atoms with Crippen LogP contribution < -0.4 is 19.5 Å². The minimum absolute atomic E-state index is 0.0122. The van der Waals surface area contributed by atoms with Crippen LogP contribution in [0.4, 0.5) is 13.6 Å². The Morgan fingerprint density at radius 1 is 1.18 bits per heavy atom. The molecule has 1 atom stereocenters. The number of fused-ring (bicyclic) bond motifs is 1. The summed E-state index contributed by atoms with van der Waals surface area (Å²) in [5.41, 5.74) is 0.546. The van der Waals surface area contributed by atoms with Gasteiger partial charge in [0.2, 0.25) is 6.10 Å². The lowest BCUT2D eigenvalue weighted by Gasteiger charge is -2.25. The highest BCUT2D eigenvalue weighted by atomic mass is 32.2. The lowest BCUT2D eigenvalue weighted by molar-refractivity contribution is -0.131. The number of alkyl halides is 2. The molecule has 2 aromatic carbocycles. The van der Waals surface area contributed by atoms with E-state index >= 15 is 0 Å². The molecule has 0 spiro atoms. The second-order valence-corrected chi connectivity index (χ2v) is 7.93.